The van der Waals surface area contributed by atoms with Gasteiger partial charge in [0.15, 0.2) is 5.78 Å². The lowest BCUT2D eigenvalue weighted by atomic mass is 10.0. The first-order chi connectivity index (χ1) is 13.1. The Morgan fingerprint density at radius 1 is 1.07 bits per heavy atom. The third kappa shape index (κ3) is 3.39. The van der Waals surface area contributed by atoms with Crippen molar-refractivity contribution in [3.05, 3.63) is 78.4 Å². The van der Waals surface area contributed by atoms with Crippen molar-refractivity contribution >= 4 is 16.8 Å². The Morgan fingerprint density at radius 3 is 2.74 bits per heavy atom. The van der Waals surface area contributed by atoms with Crippen LogP contribution in [0.15, 0.2) is 67.3 Å². The summed E-state index contributed by atoms with van der Waals surface area (Å²) in [6, 6.07) is 11.3. The highest BCUT2D eigenvalue weighted by Gasteiger charge is 2.17. The molecule has 1 aromatic carbocycles. The molecule has 4 rings (SSSR count). The number of carbonyl (C=O) groups excluding carboxylic acids is 1. The standard InChI is InChI=1S/C20H13F2N3O2/c21-20(22)27-15-5-1-3-12(7-15)18(26)17-11-25-19-16(17)8-14(10-24-19)13-4-2-6-23-9-13/h1-11,20H,(H,24,25). The molecule has 27 heavy (non-hydrogen) atoms. The van der Waals surface area contributed by atoms with Crippen molar-refractivity contribution in [2.24, 2.45) is 0 Å². The molecule has 0 atom stereocenters. The first-order valence-corrected chi connectivity index (χ1v) is 8.09. The Bertz CT molecular complexity index is 1110. The number of aromatic nitrogens is 3. The molecule has 134 valence electrons. The number of nitrogens with one attached hydrogen (secondary N) is 1. The highest BCUT2D eigenvalue weighted by molar-refractivity contribution is 6.16. The van der Waals surface area contributed by atoms with Crippen molar-refractivity contribution in [2.45, 2.75) is 6.61 Å². The van der Waals surface area contributed by atoms with E-state index in [1.807, 2.05) is 18.2 Å². The van der Waals surface area contributed by atoms with Gasteiger partial charge in [0, 0.05) is 52.4 Å². The molecule has 5 nitrogen and oxygen atoms in total. The minimum Gasteiger partial charge on any atom is -0.435 e. The number of H-pyrrole nitrogens is 1. The van der Waals surface area contributed by atoms with E-state index in [-0.39, 0.29) is 17.1 Å². The quantitative estimate of drug-likeness (QED) is 0.530. The molecule has 7 heteroatoms. The zero-order chi connectivity index (χ0) is 18.8. The number of aromatic amines is 1. The van der Waals surface area contributed by atoms with Crippen LogP contribution in [0.2, 0.25) is 0 Å². The molecule has 3 heterocycles. The van der Waals surface area contributed by atoms with E-state index in [4.69, 9.17) is 0 Å². The predicted molar refractivity (Wildman–Crippen MR) is 95.8 cm³/mol. The van der Waals surface area contributed by atoms with Crippen molar-refractivity contribution in [1.29, 1.82) is 0 Å². The van der Waals surface area contributed by atoms with Crippen molar-refractivity contribution in [3.63, 3.8) is 0 Å². The first kappa shape index (κ1) is 16.8. The van der Waals surface area contributed by atoms with Gasteiger partial charge in [0.25, 0.3) is 0 Å². The van der Waals surface area contributed by atoms with E-state index in [2.05, 4.69) is 19.7 Å². The number of hydrogen-bond acceptors (Lipinski definition) is 4. The maximum Gasteiger partial charge on any atom is 0.387 e. The van der Waals surface area contributed by atoms with Crippen LogP contribution >= 0.6 is 0 Å². The fourth-order valence-corrected chi connectivity index (χ4v) is 2.85. The van der Waals surface area contributed by atoms with Crippen LogP contribution in [0.4, 0.5) is 8.78 Å². The van der Waals surface area contributed by atoms with Gasteiger partial charge >= 0.3 is 6.61 Å². The predicted octanol–water partition coefficient (Wildman–Crippen LogP) is 4.46. The number of ether oxygens (including phenoxy) is 1. The van der Waals surface area contributed by atoms with Gasteiger partial charge in [-0.1, -0.05) is 18.2 Å². The van der Waals surface area contributed by atoms with Crippen LogP contribution in [-0.2, 0) is 0 Å². The number of pyridine rings is 2. The molecule has 1 N–H and O–H groups in total. The van der Waals surface area contributed by atoms with Gasteiger partial charge in [-0.2, -0.15) is 8.78 Å². The summed E-state index contributed by atoms with van der Waals surface area (Å²) in [5.41, 5.74) is 2.90. The summed E-state index contributed by atoms with van der Waals surface area (Å²) in [6.45, 7) is -2.95. The maximum absolute atomic E-state index is 12.9. The molecule has 4 aromatic rings. The average molecular weight is 365 g/mol. The lowest BCUT2D eigenvalue weighted by Crippen LogP contribution is -2.04. The van der Waals surface area contributed by atoms with Crippen LogP contribution in [0.5, 0.6) is 5.75 Å². The zero-order valence-corrected chi connectivity index (χ0v) is 13.9. The van der Waals surface area contributed by atoms with Gasteiger partial charge in [0.05, 0.1) is 0 Å². The fraction of sp³-hybridized carbons (Fsp3) is 0.0500. The maximum atomic E-state index is 12.9. The molecule has 0 spiro atoms. The Morgan fingerprint density at radius 2 is 1.96 bits per heavy atom. The number of alkyl halides is 2. The number of nitrogens with zero attached hydrogens (tertiary/aromatic N) is 2. The Kier molecular flexibility index (Phi) is 4.33. The average Bonchev–Trinajstić information content (AvgIpc) is 3.11. The number of hydrogen-bond donors (Lipinski definition) is 1. The highest BCUT2D eigenvalue weighted by Crippen LogP contribution is 2.26. The van der Waals surface area contributed by atoms with E-state index in [1.165, 1.54) is 18.2 Å². The molecule has 0 amide bonds. The second-order valence-corrected chi connectivity index (χ2v) is 5.80. The molecule has 0 radical (unpaired) electrons. The van der Waals surface area contributed by atoms with Crippen molar-refractivity contribution < 1.29 is 18.3 Å². The molecule has 0 aliphatic rings. The molecular formula is C20H13F2N3O2. The van der Waals surface area contributed by atoms with E-state index in [0.717, 1.165) is 11.1 Å². The smallest absolute Gasteiger partial charge is 0.387 e. The monoisotopic (exact) mass is 365 g/mol. The molecule has 0 aliphatic carbocycles. The van der Waals surface area contributed by atoms with Gasteiger partial charge in [-0.3, -0.25) is 9.78 Å². The third-order valence-electron chi connectivity index (χ3n) is 4.09. The Hall–Kier alpha value is -3.61. The van der Waals surface area contributed by atoms with Gasteiger partial charge in [-0.15, -0.1) is 0 Å². The van der Waals surface area contributed by atoms with Crippen LogP contribution in [0.3, 0.4) is 0 Å². The zero-order valence-electron chi connectivity index (χ0n) is 13.9. The lowest BCUT2D eigenvalue weighted by molar-refractivity contribution is -0.0498. The first-order valence-electron chi connectivity index (χ1n) is 8.09. The molecule has 0 saturated heterocycles. The minimum absolute atomic E-state index is 0.0649. The summed E-state index contributed by atoms with van der Waals surface area (Å²) >= 11 is 0. The number of carbonyl (C=O) groups is 1. The molecule has 0 fully saturated rings. The normalized spacial score (nSPS) is 11.1. The third-order valence-corrected chi connectivity index (χ3v) is 4.09. The Balaban J connectivity index is 1.74. The number of benzene rings is 1. The minimum atomic E-state index is -2.95. The van der Waals surface area contributed by atoms with Crippen LogP contribution in [0.1, 0.15) is 15.9 Å². The number of halogens is 2. The van der Waals surface area contributed by atoms with Gasteiger partial charge in [0.1, 0.15) is 11.4 Å². The van der Waals surface area contributed by atoms with E-state index in [1.54, 1.807) is 30.9 Å². The summed E-state index contributed by atoms with van der Waals surface area (Å²) in [5.74, 6) is -0.379. The summed E-state index contributed by atoms with van der Waals surface area (Å²) in [4.78, 5) is 24.3. The second kappa shape index (κ2) is 6.95. The highest BCUT2D eigenvalue weighted by atomic mass is 19.3. The van der Waals surface area contributed by atoms with Crippen molar-refractivity contribution in [3.8, 4) is 16.9 Å². The number of ketones is 1. The molecule has 0 aliphatic heterocycles. The van der Waals surface area contributed by atoms with Gasteiger partial charge in [-0.05, 0) is 24.3 Å². The summed E-state index contributed by atoms with van der Waals surface area (Å²) in [5, 5.41) is 0.640. The lowest BCUT2D eigenvalue weighted by Gasteiger charge is -2.06. The van der Waals surface area contributed by atoms with E-state index >= 15 is 0 Å². The second-order valence-electron chi connectivity index (χ2n) is 5.80. The molecular weight excluding hydrogens is 352 g/mol. The van der Waals surface area contributed by atoms with Crippen LogP contribution in [0, 0.1) is 0 Å². The summed E-state index contributed by atoms with van der Waals surface area (Å²) in [6.07, 6.45) is 6.65. The van der Waals surface area contributed by atoms with Crippen LogP contribution < -0.4 is 4.74 Å². The van der Waals surface area contributed by atoms with Crippen molar-refractivity contribution in [1.82, 2.24) is 15.0 Å². The number of rotatable bonds is 5. The molecule has 0 unspecified atom stereocenters. The number of fused-ring (bicyclic) bond motifs is 1. The van der Waals surface area contributed by atoms with Crippen LogP contribution in [0.25, 0.3) is 22.2 Å². The largest absolute Gasteiger partial charge is 0.435 e. The molecule has 3 aromatic heterocycles. The fourth-order valence-electron chi connectivity index (χ4n) is 2.85. The van der Waals surface area contributed by atoms with E-state index in [9.17, 15) is 13.6 Å². The SMILES string of the molecule is O=C(c1cccc(OC(F)F)c1)c1c[nH]c2ncc(-c3cccnc3)cc12. The van der Waals surface area contributed by atoms with Gasteiger partial charge in [-0.25, -0.2) is 4.98 Å². The summed E-state index contributed by atoms with van der Waals surface area (Å²) in [7, 11) is 0. The topological polar surface area (TPSA) is 67.9 Å². The van der Waals surface area contributed by atoms with Crippen LogP contribution in [-0.4, -0.2) is 27.3 Å². The molecule has 0 saturated carbocycles. The van der Waals surface area contributed by atoms with E-state index < -0.39 is 6.61 Å². The summed E-state index contributed by atoms with van der Waals surface area (Å²) < 4.78 is 29.2. The Labute approximate surface area is 152 Å². The van der Waals surface area contributed by atoms with Crippen molar-refractivity contribution in [2.75, 3.05) is 0 Å². The molecule has 0 bridgehead atoms. The van der Waals surface area contributed by atoms with Gasteiger partial charge in [0.2, 0.25) is 0 Å². The van der Waals surface area contributed by atoms with E-state index in [0.29, 0.717) is 16.6 Å². The van der Waals surface area contributed by atoms with Gasteiger partial charge < -0.3 is 9.72 Å².